The fourth-order valence-corrected chi connectivity index (χ4v) is 2.04. The SMILES string of the molecule is Cc1ccc(C(=O)N2CCCNCC2)n1C.Cl. The second-order valence-corrected chi connectivity index (χ2v) is 4.31. The number of nitrogens with zero attached hydrogens (tertiary/aromatic N) is 2. The number of aryl methyl sites for hydroxylation is 1. The molecule has 0 atom stereocenters. The summed E-state index contributed by atoms with van der Waals surface area (Å²) in [4.78, 5) is 14.2. The van der Waals surface area contributed by atoms with Crippen LogP contribution in [0, 0.1) is 6.92 Å². The van der Waals surface area contributed by atoms with Crippen LogP contribution in [-0.2, 0) is 7.05 Å². The molecule has 2 heterocycles. The summed E-state index contributed by atoms with van der Waals surface area (Å²) in [5.41, 5.74) is 1.91. The molecule has 0 unspecified atom stereocenters. The molecule has 5 heteroatoms. The van der Waals surface area contributed by atoms with Crippen molar-refractivity contribution in [3.63, 3.8) is 0 Å². The molecule has 0 bridgehead atoms. The molecule has 96 valence electrons. The molecule has 0 spiro atoms. The quantitative estimate of drug-likeness (QED) is 0.821. The Balaban J connectivity index is 0.00000144. The molecular formula is C12H20ClN3O. The lowest BCUT2D eigenvalue weighted by molar-refractivity contribution is 0.0756. The van der Waals surface area contributed by atoms with E-state index in [9.17, 15) is 4.79 Å². The summed E-state index contributed by atoms with van der Waals surface area (Å²) in [6, 6.07) is 3.90. The van der Waals surface area contributed by atoms with Gasteiger partial charge in [-0.1, -0.05) is 0 Å². The van der Waals surface area contributed by atoms with Crippen LogP contribution in [0.1, 0.15) is 22.6 Å². The molecule has 0 aromatic carbocycles. The molecule has 17 heavy (non-hydrogen) atoms. The third kappa shape index (κ3) is 3.01. The summed E-state index contributed by atoms with van der Waals surface area (Å²) in [5.74, 6) is 0.152. The number of hydrogen-bond acceptors (Lipinski definition) is 2. The highest BCUT2D eigenvalue weighted by Crippen LogP contribution is 2.10. The van der Waals surface area contributed by atoms with Crippen molar-refractivity contribution in [1.82, 2.24) is 14.8 Å². The van der Waals surface area contributed by atoms with Gasteiger partial charge in [-0.05, 0) is 32.0 Å². The molecule has 1 aromatic rings. The standard InChI is InChI=1S/C12H19N3O.ClH/c1-10-4-5-11(14(10)2)12(16)15-8-3-6-13-7-9-15;/h4-5,13H,3,6-9H2,1-2H3;1H. The molecule has 1 saturated heterocycles. The van der Waals surface area contributed by atoms with E-state index in [0.717, 1.165) is 44.0 Å². The molecule has 1 amide bonds. The van der Waals surface area contributed by atoms with Gasteiger partial charge in [0.2, 0.25) is 0 Å². The zero-order chi connectivity index (χ0) is 11.5. The predicted molar refractivity (Wildman–Crippen MR) is 70.8 cm³/mol. The van der Waals surface area contributed by atoms with Crippen molar-refractivity contribution in [3.05, 3.63) is 23.5 Å². The number of carbonyl (C=O) groups is 1. The van der Waals surface area contributed by atoms with Crippen molar-refractivity contribution in [2.45, 2.75) is 13.3 Å². The van der Waals surface area contributed by atoms with Crippen molar-refractivity contribution >= 4 is 18.3 Å². The minimum Gasteiger partial charge on any atom is -0.344 e. The van der Waals surface area contributed by atoms with Crippen molar-refractivity contribution in [2.75, 3.05) is 26.2 Å². The van der Waals surface area contributed by atoms with Crippen LogP contribution in [0.5, 0.6) is 0 Å². The van der Waals surface area contributed by atoms with E-state index in [4.69, 9.17) is 0 Å². The van der Waals surface area contributed by atoms with Crippen LogP contribution in [0.15, 0.2) is 12.1 Å². The summed E-state index contributed by atoms with van der Waals surface area (Å²) in [6.45, 7) is 5.59. The Hall–Kier alpha value is -1.00. The Morgan fingerprint density at radius 3 is 2.71 bits per heavy atom. The molecular weight excluding hydrogens is 238 g/mol. The van der Waals surface area contributed by atoms with E-state index in [0.29, 0.717) is 0 Å². The zero-order valence-corrected chi connectivity index (χ0v) is 11.2. The topological polar surface area (TPSA) is 37.3 Å². The van der Waals surface area contributed by atoms with Crippen molar-refractivity contribution in [2.24, 2.45) is 7.05 Å². The van der Waals surface area contributed by atoms with E-state index in [2.05, 4.69) is 5.32 Å². The molecule has 2 rings (SSSR count). The molecule has 0 saturated carbocycles. The molecule has 0 aliphatic carbocycles. The van der Waals surface area contributed by atoms with E-state index in [1.807, 2.05) is 35.6 Å². The largest absolute Gasteiger partial charge is 0.344 e. The average molecular weight is 258 g/mol. The summed E-state index contributed by atoms with van der Waals surface area (Å²) in [7, 11) is 1.94. The van der Waals surface area contributed by atoms with Crippen LogP contribution in [0.3, 0.4) is 0 Å². The summed E-state index contributed by atoms with van der Waals surface area (Å²) >= 11 is 0. The molecule has 1 aliphatic heterocycles. The first-order valence-electron chi connectivity index (χ1n) is 5.82. The Morgan fingerprint density at radius 2 is 2.06 bits per heavy atom. The van der Waals surface area contributed by atoms with Crippen LogP contribution in [0.25, 0.3) is 0 Å². The van der Waals surface area contributed by atoms with E-state index in [1.165, 1.54) is 0 Å². The third-order valence-electron chi connectivity index (χ3n) is 3.22. The van der Waals surface area contributed by atoms with Crippen LogP contribution < -0.4 is 5.32 Å². The fourth-order valence-electron chi connectivity index (χ4n) is 2.04. The van der Waals surface area contributed by atoms with Gasteiger partial charge in [-0.15, -0.1) is 12.4 Å². The first kappa shape index (κ1) is 14.1. The van der Waals surface area contributed by atoms with Gasteiger partial charge >= 0.3 is 0 Å². The maximum absolute atomic E-state index is 12.3. The highest BCUT2D eigenvalue weighted by atomic mass is 35.5. The summed E-state index contributed by atoms with van der Waals surface area (Å²) in [5, 5.41) is 3.30. The van der Waals surface area contributed by atoms with Gasteiger partial charge in [0.1, 0.15) is 5.69 Å². The van der Waals surface area contributed by atoms with E-state index >= 15 is 0 Å². The Kier molecular flexibility index (Phi) is 5.02. The minimum absolute atomic E-state index is 0. The molecule has 1 aromatic heterocycles. The molecule has 1 aliphatic rings. The monoisotopic (exact) mass is 257 g/mol. The van der Waals surface area contributed by atoms with Crippen LogP contribution >= 0.6 is 12.4 Å². The maximum Gasteiger partial charge on any atom is 0.270 e. The summed E-state index contributed by atoms with van der Waals surface area (Å²) < 4.78 is 1.96. The van der Waals surface area contributed by atoms with Gasteiger partial charge in [-0.25, -0.2) is 0 Å². The molecule has 1 N–H and O–H groups in total. The van der Waals surface area contributed by atoms with Crippen molar-refractivity contribution in [3.8, 4) is 0 Å². The average Bonchev–Trinajstić information content (AvgIpc) is 2.53. The van der Waals surface area contributed by atoms with E-state index in [1.54, 1.807) is 0 Å². The smallest absolute Gasteiger partial charge is 0.270 e. The van der Waals surface area contributed by atoms with Gasteiger partial charge in [0.05, 0.1) is 0 Å². The maximum atomic E-state index is 12.3. The van der Waals surface area contributed by atoms with Crippen molar-refractivity contribution in [1.29, 1.82) is 0 Å². The number of nitrogens with one attached hydrogen (secondary N) is 1. The van der Waals surface area contributed by atoms with Crippen molar-refractivity contribution < 1.29 is 4.79 Å². The van der Waals surface area contributed by atoms with Gasteiger partial charge in [-0.3, -0.25) is 4.79 Å². The minimum atomic E-state index is 0. The Morgan fingerprint density at radius 1 is 1.29 bits per heavy atom. The number of hydrogen-bond donors (Lipinski definition) is 1. The van der Waals surface area contributed by atoms with Gasteiger partial charge in [0.15, 0.2) is 0 Å². The van der Waals surface area contributed by atoms with Crippen LogP contribution in [0.2, 0.25) is 0 Å². The number of amides is 1. The third-order valence-corrected chi connectivity index (χ3v) is 3.22. The molecule has 4 nitrogen and oxygen atoms in total. The van der Waals surface area contributed by atoms with Crippen LogP contribution in [-0.4, -0.2) is 41.6 Å². The first-order valence-corrected chi connectivity index (χ1v) is 5.82. The number of aromatic nitrogens is 1. The Labute approximate surface area is 108 Å². The first-order chi connectivity index (χ1) is 7.70. The normalized spacial score (nSPS) is 16.2. The highest BCUT2D eigenvalue weighted by Gasteiger charge is 2.19. The van der Waals surface area contributed by atoms with E-state index < -0.39 is 0 Å². The lowest BCUT2D eigenvalue weighted by Gasteiger charge is -2.20. The van der Waals surface area contributed by atoms with Gasteiger partial charge < -0.3 is 14.8 Å². The lowest BCUT2D eigenvalue weighted by atomic mass is 10.3. The zero-order valence-electron chi connectivity index (χ0n) is 10.4. The second kappa shape index (κ2) is 6.07. The van der Waals surface area contributed by atoms with Crippen LogP contribution in [0.4, 0.5) is 0 Å². The molecule has 1 fully saturated rings. The Bertz CT molecular complexity index is 381. The number of carbonyl (C=O) groups excluding carboxylic acids is 1. The summed E-state index contributed by atoms with van der Waals surface area (Å²) in [6.07, 6.45) is 1.04. The number of halogens is 1. The predicted octanol–water partition coefficient (Wildman–Crippen LogP) is 1.19. The fraction of sp³-hybridized carbons (Fsp3) is 0.583. The highest BCUT2D eigenvalue weighted by molar-refractivity contribution is 5.93. The van der Waals surface area contributed by atoms with Gasteiger partial charge in [0.25, 0.3) is 5.91 Å². The number of rotatable bonds is 1. The lowest BCUT2D eigenvalue weighted by Crippen LogP contribution is -2.35. The molecule has 0 radical (unpaired) electrons. The van der Waals surface area contributed by atoms with Gasteiger partial charge in [0, 0.05) is 32.4 Å². The van der Waals surface area contributed by atoms with Gasteiger partial charge in [-0.2, -0.15) is 0 Å². The van der Waals surface area contributed by atoms with E-state index in [-0.39, 0.29) is 18.3 Å². The second-order valence-electron chi connectivity index (χ2n) is 4.31.